The van der Waals surface area contributed by atoms with Gasteiger partial charge in [0.25, 0.3) is 0 Å². The number of benzene rings is 2. The third-order valence-electron chi connectivity index (χ3n) is 4.32. The van der Waals surface area contributed by atoms with E-state index in [0.717, 1.165) is 18.4 Å². The Hall–Kier alpha value is -2.13. The monoisotopic (exact) mass is 340 g/mol. The average Bonchev–Trinajstić information content (AvgIpc) is 2.69. The summed E-state index contributed by atoms with van der Waals surface area (Å²) in [5.74, 6) is 0.140. The number of esters is 1. The van der Waals surface area contributed by atoms with Crippen LogP contribution in [-0.4, -0.2) is 13.1 Å². The molecule has 0 aliphatic heterocycles. The number of carbonyl (C=O) groups excluding carboxylic acids is 1. The Balaban J connectivity index is 0.000000212. The molecule has 0 radical (unpaired) electrons. The molecule has 0 amide bonds. The van der Waals surface area contributed by atoms with Gasteiger partial charge in [-0.05, 0) is 24.0 Å². The summed E-state index contributed by atoms with van der Waals surface area (Å²) in [5, 5.41) is 0. The molecule has 25 heavy (non-hydrogen) atoms. The van der Waals surface area contributed by atoms with Crippen LogP contribution in [0.5, 0.6) is 0 Å². The van der Waals surface area contributed by atoms with Crippen LogP contribution < -0.4 is 0 Å². The normalized spacial score (nSPS) is 14.3. The Morgan fingerprint density at radius 2 is 1.36 bits per heavy atom. The molecule has 2 aromatic carbocycles. The van der Waals surface area contributed by atoms with E-state index in [1.165, 1.54) is 24.8 Å². The van der Waals surface area contributed by atoms with E-state index in [4.69, 9.17) is 9.47 Å². The standard InChI is InChI=1S/C14H18O2.C8H10O/c15-14(13-9-5-2-6-10-13)16-11-12-7-3-1-4-8-12;1-9-7-8-5-3-2-4-6-8/h1,3-4,7-8,13H,2,5-6,9-11H2;2-6H,7H2,1H3. The number of carbonyl (C=O) groups is 1. The molecule has 3 heteroatoms. The highest BCUT2D eigenvalue weighted by Gasteiger charge is 2.22. The molecule has 0 unspecified atom stereocenters. The Morgan fingerprint density at radius 1 is 0.840 bits per heavy atom. The second-order valence-electron chi connectivity index (χ2n) is 6.35. The van der Waals surface area contributed by atoms with E-state index in [0.29, 0.717) is 13.2 Å². The smallest absolute Gasteiger partial charge is 0.309 e. The second kappa shape index (κ2) is 11.4. The molecule has 0 N–H and O–H groups in total. The zero-order valence-electron chi connectivity index (χ0n) is 15.0. The number of rotatable bonds is 5. The minimum absolute atomic E-state index is 0.0106. The van der Waals surface area contributed by atoms with Crippen LogP contribution in [0.15, 0.2) is 60.7 Å². The van der Waals surface area contributed by atoms with Gasteiger partial charge in [0, 0.05) is 7.11 Å². The summed E-state index contributed by atoms with van der Waals surface area (Å²) in [5.41, 5.74) is 2.28. The summed E-state index contributed by atoms with van der Waals surface area (Å²) in [6, 6.07) is 20.0. The summed E-state index contributed by atoms with van der Waals surface area (Å²) >= 11 is 0. The quantitative estimate of drug-likeness (QED) is 0.707. The van der Waals surface area contributed by atoms with E-state index >= 15 is 0 Å². The minimum atomic E-state index is -0.0106. The SMILES string of the molecule is COCc1ccccc1.O=C(OCc1ccccc1)C1CCCCC1. The second-order valence-corrected chi connectivity index (χ2v) is 6.35. The lowest BCUT2D eigenvalue weighted by Gasteiger charge is -2.19. The highest BCUT2D eigenvalue weighted by Crippen LogP contribution is 2.24. The first kappa shape index (κ1) is 19.2. The van der Waals surface area contributed by atoms with E-state index in [-0.39, 0.29) is 11.9 Å². The molecule has 2 aromatic rings. The van der Waals surface area contributed by atoms with Crippen molar-refractivity contribution in [1.82, 2.24) is 0 Å². The molecule has 0 spiro atoms. The molecule has 1 aliphatic rings. The fraction of sp³-hybridized carbons (Fsp3) is 0.409. The van der Waals surface area contributed by atoms with Crippen molar-refractivity contribution in [2.45, 2.75) is 45.3 Å². The van der Waals surface area contributed by atoms with E-state index in [9.17, 15) is 4.79 Å². The van der Waals surface area contributed by atoms with Crippen LogP contribution in [0.1, 0.15) is 43.2 Å². The van der Waals surface area contributed by atoms with Crippen molar-refractivity contribution in [2.75, 3.05) is 7.11 Å². The molecule has 1 fully saturated rings. The topological polar surface area (TPSA) is 35.5 Å². The number of hydrogen-bond donors (Lipinski definition) is 0. The van der Waals surface area contributed by atoms with Gasteiger partial charge in [-0.1, -0.05) is 79.9 Å². The van der Waals surface area contributed by atoms with Gasteiger partial charge in [-0.3, -0.25) is 4.79 Å². The fourth-order valence-corrected chi connectivity index (χ4v) is 2.93. The van der Waals surface area contributed by atoms with Crippen LogP contribution >= 0.6 is 0 Å². The first-order chi connectivity index (χ1) is 12.3. The highest BCUT2D eigenvalue weighted by molar-refractivity contribution is 5.72. The lowest BCUT2D eigenvalue weighted by molar-refractivity contribution is -0.151. The lowest BCUT2D eigenvalue weighted by atomic mass is 9.89. The Bertz CT molecular complexity index is 589. The van der Waals surface area contributed by atoms with Gasteiger partial charge in [-0.15, -0.1) is 0 Å². The van der Waals surface area contributed by atoms with Crippen LogP contribution in [0.3, 0.4) is 0 Å². The summed E-state index contributed by atoms with van der Waals surface area (Å²) in [6.07, 6.45) is 5.62. The predicted molar refractivity (Wildman–Crippen MR) is 100.0 cm³/mol. The van der Waals surface area contributed by atoms with E-state index in [2.05, 4.69) is 0 Å². The van der Waals surface area contributed by atoms with Crippen LogP contribution in [-0.2, 0) is 27.5 Å². The highest BCUT2D eigenvalue weighted by atomic mass is 16.5. The van der Waals surface area contributed by atoms with Crippen LogP contribution in [0.25, 0.3) is 0 Å². The van der Waals surface area contributed by atoms with Gasteiger partial charge in [0.1, 0.15) is 6.61 Å². The van der Waals surface area contributed by atoms with Crippen molar-refractivity contribution in [3.63, 3.8) is 0 Å². The molecule has 0 aromatic heterocycles. The Morgan fingerprint density at radius 3 is 1.88 bits per heavy atom. The lowest BCUT2D eigenvalue weighted by Crippen LogP contribution is -2.20. The van der Waals surface area contributed by atoms with Gasteiger partial charge in [-0.25, -0.2) is 0 Å². The Labute approximate surface area is 151 Å². The van der Waals surface area contributed by atoms with Crippen molar-refractivity contribution in [3.8, 4) is 0 Å². The predicted octanol–water partition coefficient (Wildman–Crippen LogP) is 5.14. The van der Waals surface area contributed by atoms with Gasteiger partial charge in [-0.2, -0.15) is 0 Å². The van der Waals surface area contributed by atoms with E-state index in [1.54, 1.807) is 7.11 Å². The average molecular weight is 340 g/mol. The van der Waals surface area contributed by atoms with Crippen molar-refractivity contribution in [3.05, 3.63) is 71.8 Å². The van der Waals surface area contributed by atoms with Gasteiger partial charge < -0.3 is 9.47 Å². The third kappa shape index (κ3) is 7.53. The van der Waals surface area contributed by atoms with E-state index in [1.807, 2.05) is 60.7 Å². The minimum Gasteiger partial charge on any atom is -0.461 e. The van der Waals surface area contributed by atoms with Crippen LogP contribution in [0, 0.1) is 5.92 Å². The number of hydrogen-bond acceptors (Lipinski definition) is 3. The molecular formula is C22H28O3. The fourth-order valence-electron chi connectivity index (χ4n) is 2.93. The molecule has 1 saturated carbocycles. The van der Waals surface area contributed by atoms with Crippen molar-refractivity contribution in [2.24, 2.45) is 5.92 Å². The zero-order valence-corrected chi connectivity index (χ0v) is 15.0. The molecule has 0 atom stereocenters. The van der Waals surface area contributed by atoms with Crippen LogP contribution in [0.2, 0.25) is 0 Å². The molecular weight excluding hydrogens is 312 g/mol. The third-order valence-corrected chi connectivity index (χ3v) is 4.32. The van der Waals surface area contributed by atoms with E-state index < -0.39 is 0 Å². The molecule has 3 nitrogen and oxygen atoms in total. The summed E-state index contributed by atoms with van der Waals surface area (Å²) < 4.78 is 10.3. The Kier molecular flexibility index (Phi) is 8.78. The summed E-state index contributed by atoms with van der Waals surface area (Å²) in [7, 11) is 1.70. The van der Waals surface area contributed by atoms with Gasteiger partial charge in [0.2, 0.25) is 0 Å². The van der Waals surface area contributed by atoms with Crippen molar-refractivity contribution >= 4 is 5.97 Å². The molecule has 1 aliphatic carbocycles. The molecule has 0 saturated heterocycles. The molecule has 134 valence electrons. The maximum Gasteiger partial charge on any atom is 0.309 e. The maximum absolute atomic E-state index is 11.7. The zero-order chi connectivity index (χ0) is 17.7. The van der Waals surface area contributed by atoms with Gasteiger partial charge >= 0.3 is 5.97 Å². The van der Waals surface area contributed by atoms with Crippen LogP contribution in [0.4, 0.5) is 0 Å². The molecule has 3 rings (SSSR count). The largest absolute Gasteiger partial charge is 0.461 e. The summed E-state index contributed by atoms with van der Waals surface area (Å²) in [4.78, 5) is 11.7. The first-order valence-electron chi connectivity index (χ1n) is 9.03. The molecule has 0 heterocycles. The number of ether oxygens (including phenoxy) is 2. The number of methoxy groups -OCH3 is 1. The summed E-state index contributed by atoms with van der Waals surface area (Å²) in [6.45, 7) is 1.12. The first-order valence-corrected chi connectivity index (χ1v) is 9.03. The van der Waals surface area contributed by atoms with Gasteiger partial charge in [0.15, 0.2) is 0 Å². The van der Waals surface area contributed by atoms with Crippen molar-refractivity contribution in [1.29, 1.82) is 0 Å². The van der Waals surface area contributed by atoms with Gasteiger partial charge in [0.05, 0.1) is 12.5 Å². The molecule has 0 bridgehead atoms. The maximum atomic E-state index is 11.7. The van der Waals surface area contributed by atoms with Crippen molar-refractivity contribution < 1.29 is 14.3 Å².